The van der Waals surface area contributed by atoms with Gasteiger partial charge in [-0.2, -0.15) is 0 Å². The molecule has 1 saturated heterocycles. The van der Waals surface area contributed by atoms with Gasteiger partial charge in [-0.15, -0.1) is 0 Å². The summed E-state index contributed by atoms with van der Waals surface area (Å²) in [5.74, 6) is -0.532. The highest BCUT2D eigenvalue weighted by Crippen LogP contribution is 2.21. The van der Waals surface area contributed by atoms with E-state index in [0.717, 1.165) is 29.8 Å². The minimum atomic E-state index is -0.346. The number of amides is 3. The Morgan fingerprint density at radius 1 is 1.07 bits per heavy atom. The van der Waals surface area contributed by atoms with E-state index in [9.17, 15) is 14.4 Å². The van der Waals surface area contributed by atoms with Gasteiger partial charge in [-0.3, -0.25) is 14.4 Å². The van der Waals surface area contributed by atoms with Crippen molar-refractivity contribution in [3.63, 3.8) is 0 Å². The van der Waals surface area contributed by atoms with Crippen molar-refractivity contribution in [3.8, 4) is 0 Å². The van der Waals surface area contributed by atoms with Crippen molar-refractivity contribution in [2.75, 3.05) is 16.8 Å². The number of hydrogen-bond donors (Lipinski definition) is 2. The molecule has 1 aliphatic rings. The van der Waals surface area contributed by atoms with E-state index in [0.29, 0.717) is 18.7 Å². The van der Waals surface area contributed by atoms with Crippen LogP contribution in [0, 0.1) is 6.92 Å². The maximum atomic E-state index is 12.0. The predicted octanol–water partition coefficient (Wildman–Crippen LogP) is 2.77. The average molecular weight is 365 g/mol. The van der Waals surface area contributed by atoms with Gasteiger partial charge < -0.3 is 15.5 Å². The topological polar surface area (TPSA) is 78.5 Å². The minimum absolute atomic E-state index is 0.149. The zero-order valence-electron chi connectivity index (χ0n) is 15.3. The lowest BCUT2D eigenvalue weighted by molar-refractivity contribution is -0.127. The molecule has 1 fully saturated rings. The summed E-state index contributed by atoms with van der Waals surface area (Å²) in [5.41, 5.74) is 3.51. The van der Waals surface area contributed by atoms with Crippen LogP contribution in [0.3, 0.4) is 0 Å². The highest BCUT2D eigenvalue weighted by atomic mass is 16.2. The van der Waals surface area contributed by atoms with Crippen molar-refractivity contribution in [2.45, 2.75) is 32.7 Å². The fourth-order valence-electron chi connectivity index (χ4n) is 3.05. The largest absolute Gasteiger partial charge is 0.352 e. The number of hydrogen-bond acceptors (Lipinski definition) is 3. The first-order valence-electron chi connectivity index (χ1n) is 9.04. The highest BCUT2D eigenvalue weighted by Gasteiger charge is 2.21. The number of carbonyl (C=O) groups is 3. The van der Waals surface area contributed by atoms with Crippen molar-refractivity contribution in [1.82, 2.24) is 5.32 Å². The summed E-state index contributed by atoms with van der Waals surface area (Å²) in [5, 5.41) is 5.46. The Kier molecular flexibility index (Phi) is 5.86. The summed E-state index contributed by atoms with van der Waals surface area (Å²) >= 11 is 0. The van der Waals surface area contributed by atoms with Gasteiger partial charge in [0.25, 0.3) is 0 Å². The van der Waals surface area contributed by atoms with Gasteiger partial charge in [0.05, 0.1) is 0 Å². The van der Waals surface area contributed by atoms with E-state index >= 15 is 0 Å². The van der Waals surface area contributed by atoms with E-state index in [1.807, 2.05) is 49.4 Å². The fraction of sp³-hybridized carbons (Fsp3) is 0.286. The summed E-state index contributed by atoms with van der Waals surface area (Å²) in [6.45, 7) is 3.03. The van der Waals surface area contributed by atoms with Gasteiger partial charge in [0.15, 0.2) is 0 Å². The number of anilines is 2. The van der Waals surface area contributed by atoms with Crippen molar-refractivity contribution in [2.24, 2.45) is 0 Å². The van der Waals surface area contributed by atoms with E-state index in [2.05, 4.69) is 10.6 Å². The number of aryl methyl sites for hydroxylation is 1. The van der Waals surface area contributed by atoms with Gasteiger partial charge in [-0.25, -0.2) is 0 Å². The summed E-state index contributed by atoms with van der Waals surface area (Å²) < 4.78 is 0. The molecular weight excluding hydrogens is 342 g/mol. The van der Waals surface area contributed by atoms with E-state index < -0.39 is 0 Å². The van der Waals surface area contributed by atoms with Gasteiger partial charge in [0.2, 0.25) is 17.7 Å². The van der Waals surface area contributed by atoms with Gasteiger partial charge in [0, 0.05) is 30.9 Å². The molecule has 2 aromatic rings. The smallest absolute Gasteiger partial charge is 0.233 e. The van der Waals surface area contributed by atoms with Crippen LogP contribution in [0.4, 0.5) is 11.4 Å². The monoisotopic (exact) mass is 365 g/mol. The molecule has 27 heavy (non-hydrogen) atoms. The van der Waals surface area contributed by atoms with E-state index in [1.54, 1.807) is 11.0 Å². The molecule has 6 nitrogen and oxygen atoms in total. The summed E-state index contributed by atoms with van der Waals surface area (Å²) in [7, 11) is 0. The lowest BCUT2D eigenvalue weighted by atomic mass is 10.2. The number of benzene rings is 2. The number of rotatable bonds is 6. The first kappa shape index (κ1) is 18.6. The third kappa shape index (κ3) is 5.17. The first-order valence-corrected chi connectivity index (χ1v) is 9.04. The Morgan fingerprint density at radius 2 is 1.85 bits per heavy atom. The van der Waals surface area contributed by atoms with Crippen molar-refractivity contribution < 1.29 is 14.4 Å². The Hall–Kier alpha value is -3.15. The molecule has 0 atom stereocenters. The Bertz CT molecular complexity index is 846. The molecule has 6 heteroatoms. The van der Waals surface area contributed by atoms with Crippen LogP contribution < -0.4 is 15.5 Å². The van der Waals surface area contributed by atoms with Gasteiger partial charge in [-0.1, -0.05) is 24.3 Å². The fourth-order valence-corrected chi connectivity index (χ4v) is 3.05. The van der Waals surface area contributed by atoms with Gasteiger partial charge in [-0.05, 0) is 48.7 Å². The van der Waals surface area contributed by atoms with E-state index in [4.69, 9.17) is 0 Å². The maximum Gasteiger partial charge on any atom is 0.233 e. The molecule has 0 radical (unpaired) electrons. The standard InChI is InChI=1S/C21H23N3O3/c1-15-4-2-5-17(12-15)23-20(26)13-19(25)22-14-16-7-9-18(10-8-16)24-11-3-6-21(24)27/h2,4-5,7-10,12H,3,6,11,13-14H2,1H3,(H,22,25)(H,23,26). The molecule has 2 aromatic carbocycles. The molecule has 0 spiro atoms. The first-order chi connectivity index (χ1) is 13.0. The van der Waals surface area contributed by atoms with Crippen LogP contribution in [0.25, 0.3) is 0 Å². The summed E-state index contributed by atoms with van der Waals surface area (Å²) in [6, 6.07) is 15.0. The molecule has 0 aliphatic carbocycles. The third-order valence-corrected chi connectivity index (χ3v) is 4.43. The zero-order chi connectivity index (χ0) is 19.2. The molecule has 140 valence electrons. The molecule has 3 amide bonds. The molecule has 0 saturated carbocycles. The summed E-state index contributed by atoms with van der Waals surface area (Å²) in [6.07, 6.45) is 1.26. The Labute approximate surface area is 158 Å². The second-order valence-electron chi connectivity index (χ2n) is 6.69. The van der Waals surface area contributed by atoms with E-state index in [1.165, 1.54) is 0 Å². The van der Waals surface area contributed by atoms with Crippen LogP contribution in [-0.2, 0) is 20.9 Å². The Balaban J connectivity index is 1.46. The maximum absolute atomic E-state index is 12.0. The number of nitrogens with zero attached hydrogens (tertiary/aromatic N) is 1. The highest BCUT2D eigenvalue weighted by molar-refractivity contribution is 6.03. The Morgan fingerprint density at radius 3 is 2.52 bits per heavy atom. The van der Waals surface area contributed by atoms with Crippen LogP contribution in [-0.4, -0.2) is 24.3 Å². The van der Waals surface area contributed by atoms with Crippen LogP contribution in [0.1, 0.15) is 30.4 Å². The van der Waals surface area contributed by atoms with Crippen LogP contribution in [0.2, 0.25) is 0 Å². The zero-order valence-corrected chi connectivity index (χ0v) is 15.3. The predicted molar refractivity (Wildman–Crippen MR) is 104 cm³/mol. The number of nitrogens with one attached hydrogen (secondary N) is 2. The van der Waals surface area contributed by atoms with Crippen molar-refractivity contribution >= 4 is 29.1 Å². The third-order valence-electron chi connectivity index (χ3n) is 4.43. The van der Waals surface area contributed by atoms with Gasteiger partial charge in [0.1, 0.15) is 6.42 Å². The quantitative estimate of drug-likeness (QED) is 0.773. The molecular formula is C21H23N3O3. The molecule has 1 aliphatic heterocycles. The van der Waals surface area contributed by atoms with Crippen LogP contribution in [0.15, 0.2) is 48.5 Å². The molecule has 2 N–H and O–H groups in total. The minimum Gasteiger partial charge on any atom is -0.352 e. The van der Waals surface area contributed by atoms with Crippen LogP contribution >= 0.6 is 0 Å². The SMILES string of the molecule is Cc1cccc(NC(=O)CC(=O)NCc2ccc(N3CCCC3=O)cc2)c1. The number of carbonyl (C=O) groups excluding carboxylic acids is 3. The molecule has 3 rings (SSSR count). The van der Waals surface area contributed by atoms with E-state index in [-0.39, 0.29) is 24.1 Å². The van der Waals surface area contributed by atoms with Gasteiger partial charge >= 0.3 is 0 Å². The molecule has 0 unspecified atom stereocenters. The van der Waals surface area contributed by atoms with Crippen LogP contribution in [0.5, 0.6) is 0 Å². The molecule has 0 bridgehead atoms. The van der Waals surface area contributed by atoms with Crippen molar-refractivity contribution in [1.29, 1.82) is 0 Å². The van der Waals surface area contributed by atoms with Crippen molar-refractivity contribution in [3.05, 3.63) is 59.7 Å². The second kappa shape index (κ2) is 8.49. The normalized spacial score (nSPS) is 13.5. The molecule has 0 aromatic heterocycles. The second-order valence-corrected chi connectivity index (χ2v) is 6.69. The lowest BCUT2D eigenvalue weighted by Crippen LogP contribution is -2.28. The lowest BCUT2D eigenvalue weighted by Gasteiger charge is -2.16. The average Bonchev–Trinajstić information content (AvgIpc) is 3.06. The molecule has 1 heterocycles. The summed E-state index contributed by atoms with van der Waals surface area (Å²) in [4.78, 5) is 37.5.